The Labute approximate surface area is 114 Å². The number of hydrogen-bond donors (Lipinski definition) is 2. The summed E-state index contributed by atoms with van der Waals surface area (Å²) in [6.07, 6.45) is 4.63. The first kappa shape index (κ1) is 14.0. The third-order valence-electron chi connectivity index (χ3n) is 3.86. The SMILES string of the molecule is Cc1ccc(C(C)NC(=O)C2CCC(O)CC2)cn1. The van der Waals surface area contributed by atoms with Crippen molar-refractivity contribution in [3.63, 3.8) is 0 Å². The third-order valence-corrected chi connectivity index (χ3v) is 3.86. The van der Waals surface area contributed by atoms with Crippen molar-refractivity contribution in [2.24, 2.45) is 5.92 Å². The minimum absolute atomic E-state index is 0.0209. The van der Waals surface area contributed by atoms with Crippen LogP contribution in [0.2, 0.25) is 0 Å². The largest absolute Gasteiger partial charge is 0.393 e. The summed E-state index contributed by atoms with van der Waals surface area (Å²) < 4.78 is 0. The Morgan fingerprint density at radius 2 is 2.05 bits per heavy atom. The van der Waals surface area contributed by atoms with Gasteiger partial charge < -0.3 is 10.4 Å². The minimum Gasteiger partial charge on any atom is -0.393 e. The summed E-state index contributed by atoms with van der Waals surface area (Å²) in [5.41, 5.74) is 2.00. The van der Waals surface area contributed by atoms with Crippen molar-refractivity contribution >= 4 is 5.91 Å². The molecule has 1 aromatic heterocycles. The van der Waals surface area contributed by atoms with E-state index in [9.17, 15) is 9.90 Å². The van der Waals surface area contributed by atoms with E-state index < -0.39 is 0 Å². The minimum atomic E-state index is -0.220. The van der Waals surface area contributed by atoms with E-state index in [1.807, 2.05) is 32.2 Å². The zero-order chi connectivity index (χ0) is 13.8. The lowest BCUT2D eigenvalue weighted by atomic mass is 9.86. The van der Waals surface area contributed by atoms with Crippen LogP contribution in [0, 0.1) is 12.8 Å². The lowest BCUT2D eigenvalue weighted by molar-refractivity contribution is -0.127. The van der Waals surface area contributed by atoms with Crippen LogP contribution in [0.15, 0.2) is 18.3 Å². The fraction of sp³-hybridized carbons (Fsp3) is 0.600. The van der Waals surface area contributed by atoms with Gasteiger partial charge in [-0.05, 0) is 51.2 Å². The number of amides is 1. The van der Waals surface area contributed by atoms with Crippen molar-refractivity contribution in [2.75, 3.05) is 0 Å². The molecule has 1 fully saturated rings. The van der Waals surface area contributed by atoms with Gasteiger partial charge in [-0.1, -0.05) is 6.07 Å². The topological polar surface area (TPSA) is 62.2 Å². The number of aromatic nitrogens is 1. The van der Waals surface area contributed by atoms with Gasteiger partial charge in [0.2, 0.25) is 5.91 Å². The number of aryl methyl sites for hydroxylation is 1. The van der Waals surface area contributed by atoms with Crippen LogP contribution in [0.5, 0.6) is 0 Å². The fourth-order valence-electron chi connectivity index (χ4n) is 2.49. The number of carbonyl (C=O) groups is 1. The van der Waals surface area contributed by atoms with Gasteiger partial charge in [-0.15, -0.1) is 0 Å². The van der Waals surface area contributed by atoms with E-state index in [0.29, 0.717) is 0 Å². The molecule has 1 amide bonds. The van der Waals surface area contributed by atoms with Crippen LogP contribution in [0.4, 0.5) is 0 Å². The summed E-state index contributed by atoms with van der Waals surface area (Å²) in [7, 11) is 0. The van der Waals surface area contributed by atoms with Gasteiger partial charge in [0.1, 0.15) is 0 Å². The average Bonchev–Trinajstić information content (AvgIpc) is 2.40. The molecule has 4 heteroatoms. The quantitative estimate of drug-likeness (QED) is 0.877. The van der Waals surface area contributed by atoms with Gasteiger partial charge in [-0.25, -0.2) is 0 Å². The van der Waals surface area contributed by atoms with Gasteiger partial charge in [0.25, 0.3) is 0 Å². The van der Waals surface area contributed by atoms with Crippen LogP contribution in [-0.2, 0) is 4.79 Å². The van der Waals surface area contributed by atoms with Gasteiger partial charge in [-0.3, -0.25) is 9.78 Å². The smallest absolute Gasteiger partial charge is 0.223 e. The number of aliphatic hydroxyl groups excluding tert-OH is 1. The highest BCUT2D eigenvalue weighted by Gasteiger charge is 2.26. The second kappa shape index (κ2) is 6.15. The second-order valence-corrected chi connectivity index (χ2v) is 5.47. The van der Waals surface area contributed by atoms with E-state index in [2.05, 4.69) is 10.3 Å². The Bertz CT molecular complexity index is 422. The van der Waals surface area contributed by atoms with E-state index in [4.69, 9.17) is 0 Å². The van der Waals surface area contributed by atoms with Crippen molar-refractivity contribution in [1.82, 2.24) is 10.3 Å². The molecule has 2 N–H and O–H groups in total. The number of aliphatic hydroxyl groups is 1. The van der Waals surface area contributed by atoms with Crippen LogP contribution in [0.1, 0.15) is 49.9 Å². The first-order valence-corrected chi connectivity index (χ1v) is 6.97. The molecule has 0 spiro atoms. The maximum atomic E-state index is 12.1. The van der Waals surface area contributed by atoms with Crippen molar-refractivity contribution in [3.05, 3.63) is 29.6 Å². The lowest BCUT2D eigenvalue weighted by Gasteiger charge is -2.26. The van der Waals surface area contributed by atoms with Gasteiger partial charge in [0.15, 0.2) is 0 Å². The van der Waals surface area contributed by atoms with Gasteiger partial charge in [0.05, 0.1) is 12.1 Å². The summed E-state index contributed by atoms with van der Waals surface area (Å²) in [6, 6.07) is 3.93. The predicted octanol–water partition coefficient (Wildman–Crippen LogP) is 2.12. The molecule has 1 saturated carbocycles. The van der Waals surface area contributed by atoms with Crippen LogP contribution in [0.3, 0.4) is 0 Å². The van der Waals surface area contributed by atoms with Crippen LogP contribution in [-0.4, -0.2) is 22.1 Å². The number of nitrogens with zero attached hydrogens (tertiary/aromatic N) is 1. The molecule has 2 rings (SSSR count). The molecule has 1 aromatic rings. The lowest BCUT2D eigenvalue weighted by Crippen LogP contribution is -2.35. The average molecular weight is 262 g/mol. The van der Waals surface area contributed by atoms with Gasteiger partial charge >= 0.3 is 0 Å². The zero-order valence-electron chi connectivity index (χ0n) is 11.6. The highest BCUT2D eigenvalue weighted by atomic mass is 16.3. The van der Waals surface area contributed by atoms with E-state index in [1.54, 1.807) is 0 Å². The Kier molecular flexibility index (Phi) is 4.53. The van der Waals surface area contributed by atoms with Crippen molar-refractivity contribution in [3.8, 4) is 0 Å². The summed E-state index contributed by atoms with van der Waals surface area (Å²) >= 11 is 0. The summed E-state index contributed by atoms with van der Waals surface area (Å²) in [6.45, 7) is 3.92. The van der Waals surface area contributed by atoms with Crippen LogP contribution in [0.25, 0.3) is 0 Å². The molecule has 1 heterocycles. The maximum absolute atomic E-state index is 12.1. The van der Waals surface area contributed by atoms with Crippen LogP contribution < -0.4 is 5.32 Å². The molecular weight excluding hydrogens is 240 g/mol. The predicted molar refractivity (Wildman–Crippen MR) is 73.5 cm³/mol. The molecule has 0 aliphatic heterocycles. The highest BCUT2D eigenvalue weighted by molar-refractivity contribution is 5.79. The fourth-order valence-corrected chi connectivity index (χ4v) is 2.49. The molecular formula is C15H22N2O2. The maximum Gasteiger partial charge on any atom is 0.223 e. The van der Waals surface area contributed by atoms with Gasteiger partial charge in [-0.2, -0.15) is 0 Å². The number of carbonyl (C=O) groups excluding carboxylic acids is 1. The number of hydrogen-bond acceptors (Lipinski definition) is 3. The molecule has 1 aliphatic carbocycles. The number of nitrogens with one attached hydrogen (secondary N) is 1. The van der Waals surface area contributed by atoms with E-state index in [-0.39, 0.29) is 24.0 Å². The van der Waals surface area contributed by atoms with E-state index in [1.165, 1.54) is 0 Å². The molecule has 1 unspecified atom stereocenters. The standard InChI is InChI=1S/C15H22N2O2/c1-10-3-4-13(9-16-10)11(2)17-15(19)12-5-7-14(18)8-6-12/h3-4,9,11-12,14,18H,5-8H2,1-2H3,(H,17,19). The second-order valence-electron chi connectivity index (χ2n) is 5.47. The summed E-state index contributed by atoms with van der Waals surface area (Å²) in [4.78, 5) is 16.4. The molecule has 1 atom stereocenters. The Balaban J connectivity index is 1.89. The summed E-state index contributed by atoms with van der Waals surface area (Å²) in [5, 5.41) is 12.5. The number of rotatable bonds is 3. The molecule has 0 radical (unpaired) electrons. The molecule has 0 saturated heterocycles. The van der Waals surface area contributed by atoms with E-state index in [0.717, 1.165) is 36.9 Å². The van der Waals surface area contributed by atoms with Crippen LogP contribution >= 0.6 is 0 Å². The molecule has 19 heavy (non-hydrogen) atoms. The first-order chi connectivity index (χ1) is 9.06. The van der Waals surface area contributed by atoms with Crippen molar-refractivity contribution in [2.45, 2.75) is 51.7 Å². The van der Waals surface area contributed by atoms with Crippen molar-refractivity contribution < 1.29 is 9.90 Å². The Morgan fingerprint density at radius 1 is 1.37 bits per heavy atom. The Hall–Kier alpha value is -1.42. The van der Waals surface area contributed by atoms with E-state index >= 15 is 0 Å². The summed E-state index contributed by atoms with van der Waals surface area (Å²) in [5.74, 6) is 0.143. The molecule has 104 valence electrons. The molecule has 4 nitrogen and oxygen atoms in total. The van der Waals surface area contributed by atoms with Gasteiger partial charge in [0, 0.05) is 17.8 Å². The molecule has 1 aliphatic rings. The number of pyridine rings is 1. The third kappa shape index (κ3) is 3.77. The van der Waals surface area contributed by atoms with Crippen molar-refractivity contribution in [1.29, 1.82) is 0 Å². The first-order valence-electron chi connectivity index (χ1n) is 6.97. The molecule has 0 bridgehead atoms. The monoisotopic (exact) mass is 262 g/mol. The molecule has 0 aromatic carbocycles. The highest BCUT2D eigenvalue weighted by Crippen LogP contribution is 2.25. The Morgan fingerprint density at radius 3 is 2.63 bits per heavy atom. The zero-order valence-corrected chi connectivity index (χ0v) is 11.6. The normalized spacial score (nSPS) is 24.8.